The van der Waals surface area contributed by atoms with Gasteiger partial charge in [0.15, 0.2) is 5.13 Å². The van der Waals surface area contributed by atoms with Crippen molar-refractivity contribution >= 4 is 43.7 Å². The molecular formula is C15H19N3O3S3. The standard InChI is InChI=1S/C15H19N3O3S3/c1-2-24(20,21)18-7-5-11(6-8-18)14(19)17-15-16-12(10-23-15)13-4-3-9-22-13/h3-4,9-11H,2,5-8H2,1H3,(H,16,17,19). The Morgan fingerprint density at radius 1 is 1.38 bits per heavy atom. The van der Waals surface area contributed by atoms with Crippen molar-refractivity contribution in [3.05, 3.63) is 22.9 Å². The lowest BCUT2D eigenvalue weighted by atomic mass is 9.97. The van der Waals surface area contributed by atoms with Crippen LogP contribution in [0, 0.1) is 5.92 Å². The lowest BCUT2D eigenvalue weighted by molar-refractivity contribution is -0.120. The van der Waals surface area contributed by atoms with Crippen molar-refractivity contribution in [1.29, 1.82) is 0 Å². The van der Waals surface area contributed by atoms with Gasteiger partial charge >= 0.3 is 0 Å². The number of piperidine rings is 1. The normalized spacial score (nSPS) is 17.0. The average molecular weight is 386 g/mol. The summed E-state index contributed by atoms with van der Waals surface area (Å²) in [7, 11) is -3.16. The number of aromatic nitrogens is 1. The van der Waals surface area contributed by atoms with Gasteiger partial charge in [0.05, 0.1) is 16.3 Å². The van der Waals surface area contributed by atoms with Gasteiger partial charge in [-0.2, -0.15) is 0 Å². The molecule has 6 nitrogen and oxygen atoms in total. The Bertz CT molecular complexity index is 791. The molecule has 0 aliphatic carbocycles. The summed E-state index contributed by atoms with van der Waals surface area (Å²) in [5.41, 5.74) is 0.870. The van der Waals surface area contributed by atoms with Crippen molar-refractivity contribution in [1.82, 2.24) is 9.29 Å². The molecule has 0 saturated carbocycles. The Balaban J connectivity index is 1.57. The quantitative estimate of drug-likeness (QED) is 0.858. The number of nitrogens with one attached hydrogen (secondary N) is 1. The number of thiazole rings is 1. The first-order chi connectivity index (χ1) is 11.5. The highest BCUT2D eigenvalue weighted by Gasteiger charge is 2.30. The van der Waals surface area contributed by atoms with E-state index < -0.39 is 10.0 Å². The van der Waals surface area contributed by atoms with Crippen LogP contribution in [0.15, 0.2) is 22.9 Å². The van der Waals surface area contributed by atoms with Gasteiger partial charge in [-0.05, 0) is 31.2 Å². The number of thiophene rings is 1. The Hall–Kier alpha value is -1.29. The van der Waals surface area contributed by atoms with Crippen LogP contribution in [0.2, 0.25) is 0 Å². The number of hydrogen-bond acceptors (Lipinski definition) is 6. The fourth-order valence-electron chi connectivity index (χ4n) is 2.65. The van der Waals surface area contributed by atoms with E-state index in [9.17, 15) is 13.2 Å². The van der Waals surface area contributed by atoms with E-state index in [1.807, 2.05) is 22.9 Å². The third kappa shape index (κ3) is 3.85. The maximum absolute atomic E-state index is 12.4. The number of amides is 1. The number of carbonyl (C=O) groups excluding carboxylic acids is 1. The second kappa shape index (κ2) is 7.30. The van der Waals surface area contributed by atoms with Gasteiger partial charge in [0.25, 0.3) is 0 Å². The molecule has 0 aromatic carbocycles. The first-order valence-corrected chi connectivity index (χ1v) is 11.1. The summed E-state index contributed by atoms with van der Waals surface area (Å²) in [6.45, 7) is 2.46. The van der Waals surface area contributed by atoms with E-state index in [-0.39, 0.29) is 17.6 Å². The van der Waals surface area contributed by atoms with Crippen molar-refractivity contribution in [2.24, 2.45) is 5.92 Å². The van der Waals surface area contributed by atoms with E-state index in [2.05, 4.69) is 10.3 Å². The van der Waals surface area contributed by atoms with Crippen molar-refractivity contribution < 1.29 is 13.2 Å². The smallest absolute Gasteiger partial charge is 0.229 e. The lowest BCUT2D eigenvalue weighted by Crippen LogP contribution is -2.42. The molecule has 2 aromatic heterocycles. The van der Waals surface area contributed by atoms with Gasteiger partial charge in [0, 0.05) is 24.4 Å². The zero-order valence-electron chi connectivity index (χ0n) is 13.3. The molecule has 1 fully saturated rings. The highest BCUT2D eigenvalue weighted by molar-refractivity contribution is 7.89. The number of rotatable bonds is 5. The molecule has 1 N–H and O–H groups in total. The molecule has 1 aliphatic rings. The second-order valence-electron chi connectivity index (χ2n) is 5.58. The topological polar surface area (TPSA) is 79.4 Å². The minimum Gasteiger partial charge on any atom is -0.302 e. The molecule has 3 rings (SSSR count). The third-order valence-corrected chi connectivity index (χ3v) is 7.62. The summed E-state index contributed by atoms with van der Waals surface area (Å²) in [5.74, 6) is -0.132. The number of carbonyl (C=O) groups is 1. The zero-order valence-corrected chi connectivity index (χ0v) is 15.7. The summed E-state index contributed by atoms with van der Waals surface area (Å²) in [6, 6.07) is 3.96. The SMILES string of the molecule is CCS(=O)(=O)N1CCC(C(=O)Nc2nc(-c3cccs3)cs2)CC1. The molecule has 0 unspecified atom stereocenters. The van der Waals surface area contributed by atoms with Crippen LogP contribution in [0.4, 0.5) is 5.13 Å². The van der Waals surface area contributed by atoms with Gasteiger partial charge in [-0.25, -0.2) is 17.7 Å². The van der Waals surface area contributed by atoms with Crippen LogP contribution in [0.25, 0.3) is 10.6 Å². The molecular weight excluding hydrogens is 366 g/mol. The van der Waals surface area contributed by atoms with Crippen LogP contribution in [0.5, 0.6) is 0 Å². The molecule has 0 bridgehead atoms. The molecule has 130 valence electrons. The summed E-state index contributed by atoms with van der Waals surface area (Å²) >= 11 is 3.02. The van der Waals surface area contributed by atoms with Gasteiger partial charge in [-0.15, -0.1) is 22.7 Å². The molecule has 24 heavy (non-hydrogen) atoms. The van der Waals surface area contributed by atoms with Crippen LogP contribution < -0.4 is 5.32 Å². The fraction of sp³-hybridized carbons (Fsp3) is 0.467. The number of hydrogen-bond donors (Lipinski definition) is 1. The van der Waals surface area contributed by atoms with E-state index in [1.165, 1.54) is 15.6 Å². The molecule has 0 spiro atoms. The van der Waals surface area contributed by atoms with Gasteiger partial charge in [0.1, 0.15) is 0 Å². The molecule has 1 aliphatic heterocycles. The largest absolute Gasteiger partial charge is 0.302 e. The summed E-state index contributed by atoms with van der Waals surface area (Å²) in [4.78, 5) is 17.9. The predicted octanol–water partition coefficient (Wildman–Crippen LogP) is 2.87. The lowest BCUT2D eigenvalue weighted by Gasteiger charge is -2.30. The summed E-state index contributed by atoms with van der Waals surface area (Å²) in [5, 5.41) is 7.38. The highest BCUT2D eigenvalue weighted by atomic mass is 32.2. The van der Waals surface area contributed by atoms with Crippen molar-refractivity contribution in [2.75, 3.05) is 24.2 Å². The van der Waals surface area contributed by atoms with Crippen molar-refractivity contribution in [2.45, 2.75) is 19.8 Å². The van der Waals surface area contributed by atoms with Crippen LogP contribution in [0.1, 0.15) is 19.8 Å². The summed E-state index contributed by atoms with van der Waals surface area (Å²) in [6.07, 6.45) is 1.10. The molecule has 0 radical (unpaired) electrons. The Morgan fingerprint density at radius 3 is 2.75 bits per heavy atom. The first kappa shape index (κ1) is 17.5. The van der Waals surface area contributed by atoms with Crippen LogP contribution in [-0.4, -0.2) is 42.5 Å². The number of anilines is 1. The third-order valence-electron chi connectivity index (χ3n) is 4.09. The van der Waals surface area contributed by atoms with Gasteiger partial charge in [0.2, 0.25) is 15.9 Å². The van der Waals surface area contributed by atoms with Crippen LogP contribution >= 0.6 is 22.7 Å². The van der Waals surface area contributed by atoms with Gasteiger partial charge < -0.3 is 5.32 Å². The molecule has 0 atom stereocenters. The number of sulfonamides is 1. The Morgan fingerprint density at radius 2 is 2.12 bits per heavy atom. The van der Waals surface area contributed by atoms with Crippen molar-refractivity contribution in [3.8, 4) is 10.6 Å². The van der Waals surface area contributed by atoms with Crippen LogP contribution in [-0.2, 0) is 14.8 Å². The molecule has 2 aromatic rings. The van der Waals surface area contributed by atoms with E-state index in [0.29, 0.717) is 31.1 Å². The minimum atomic E-state index is -3.16. The Labute approximate surface area is 149 Å². The maximum atomic E-state index is 12.4. The second-order valence-corrected chi connectivity index (χ2v) is 9.64. The monoisotopic (exact) mass is 385 g/mol. The first-order valence-electron chi connectivity index (χ1n) is 7.77. The van der Waals surface area contributed by atoms with E-state index in [0.717, 1.165) is 10.6 Å². The van der Waals surface area contributed by atoms with E-state index >= 15 is 0 Å². The van der Waals surface area contributed by atoms with E-state index in [4.69, 9.17) is 0 Å². The fourth-order valence-corrected chi connectivity index (χ4v) is 5.26. The minimum absolute atomic E-state index is 0.0735. The molecule has 3 heterocycles. The Kier molecular flexibility index (Phi) is 5.33. The van der Waals surface area contributed by atoms with Gasteiger partial charge in [-0.3, -0.25) is 4.79 Å². The summed E-state index contributed by atoms with van der Waals surface area (Å²) < 4.78 is 25.2. The number of nitrogens with zero attached hydrogens (tertiary/aromatic N) is 2. The predicted molar refractivity (Wildman–Crippen MR) is 97.8 cm³/mol. The molecule has 1 amide bonds. The van der Waals surface area contributed by atoms with Gasteiger partial charge in [-0.1, -0.05) is 6.07 Å². The molecule has 9 heteroatoms. The highest BCUT2D eigenvalue weighted by Crippen LogP contribution is 2.29. The zero-order chi connectivity index (χ0) is 17.2. The van der Waals surface area contributed by atoms with E-state index in [1.54, 1.807) is 18.3 Å². The van der Waals surface area contributed by atoms with Crippen LogP contribution in [0.3, 0.4) is 0 Å². The van der Waals surface area contributed by atoms with Crippen molar-refractivity contribution in [3.63, 3.8) is 0 Å². The molecule has 1 saturated heterocycles. The average Bonchev–Trinajstić information content (AvgIpc) is 3.26. The maximum Gasteiger partial charge on any atom is 0.229 e.